The van der Waals surface area contributed by atoms with Gasteiger partial charge in [0.15, 0.2) is 0 Å². The molecule has 1 aromatic rings. The maximum Gasteiger partial charge on any atom is 0.328 e. The third kappa shape index (κ3) is 2.16. The van der Waals surface area contributed by atoms with Gasteiger partial charge in [-0.2, -0.15) is 0 Å². The van der Waals surface area contributed by atoms with Crippen LogP contribution in [-0.4, -0.2) is 52.7 Å². The number of nitrogens with zero attached hydrogens (tertiary/aromatic N) is 1. The summed E-state index contributed by atoms with van der Waals surface area (Å²) in [5, 5.41) is 9.55. The van der Waals surface area contributed by atoms with Crippen LogP contribution in [0.1, 0.15) is 16.9 Å². The number of β-amino-alcohol motifs (C(OH)–C–C–N with tert-alkyl or cyclic N) is 1. The van der Waals surface area contributed by atoms with Gasteiger partial charge in [-0.05, 0) is 12.1 Å². The van der Waals surface area contributed by atoms with Gasteiger partial charge in [-0.1, -0.05) is 0 Å². The van der Waals surface area contributed by atoms with E-state index < -0.39 is 18.1 Å². The molecule has 17 heavy (non-hydrogen) atoms. The molecule has 6 heteroatoms. The molecule has 0 spiro atoms. The number of rotatable bonds is 2. The number of hydrogen-bond acceptors (Lipinski definition) is 4. The summed E-state index contributed by atoms with van der Waals surface area (Å²) in [5.41, 5.74) is 0.396. The average Bonchev–Trinajstić information content (AvgIpc) is 2.95. The van der Waals surface area contributed by atoms with Crippen LogP contribution in [0.4, 0.5) is 0 Å². The minimum Gasteiger partial charge on any atom is -0.467 e. The zero-order chi connectivity index (χ0) is 12.4. The molecule has 0 aliphatic carbocycles. The Kier molecular flexibility index (Phi) is 3.14. The number of aliphatic hydroxyl groups excluding tert-OH is 1. The number of carbonyl (C=O) groups excluding carboxylic acids is 2. The summed E-state index contributed by atoms with van der Waals surface area (Å²) in [7, 11) is 1.27. The van der Waals surface area contributed by atoms with Crippen LogP contribution in [0.15, 0.2) is 18.3 Å². The Morgan fingerprint density at radius 2 is 2.35 bits per heavy atom. The first-order chi connectivity index (χ1) is 8.13. The maximum atomic E-state index is 12.1. The first-order valence-corrected chi connectivity index (χ1v) is 5.33. The van der Waals surface area contributed by atoms with Crippen LogP contribution in [0, 0.1) is 0 Å². The minimum atomic E-state index is -0.703. The molecule has 0 unspecified atom stereocenters. The molecule has 2 rings (SSSR count). The number of nitrogens with one attached hydrogen (secondary N) is 1. The van der Waals surface area contributed by atoms with E-state index in [9.17, 15) is 14.7 Å². The number of esters is 1. The van der Waals surface area contributed by atoms with Gasteiger partial charge >= 0.3 is 5.97 Å². The Morgan fingerprint density at radius 3 is 2.94 bits per heavy atom. The molecule has 1 aromatic heterocycles. The van der Waals surface area contributed by atoms with E-state index in [1.807, 2.05) is 0 Å². The van der Waals surface area contributed by atoms with Crippen molar-refractivity contribution < 1.29 is 19.4 Å². The lowest BCUT2D eigenvalue weighted by Crippen LogP contribution is -2.41. The number of aromatic amines is 1. The van der Waals surface area contributed by atoms with E-state index in [1.165, 1.54) is 12.0 Å². The number of methoxy groups -OCH3 is 1. The van der Waals surface area contributed by atoms with Gasteiger partial charge in [-0.25, -0.2) is 4.79 Å². The summed E-state index contributed by atoms with van der Waals surface area (Å²) in [6.45, 7) is 0.150. The zero-order valence-electron chi connectivity index (χ0n) is 9.42. The number of likely N-dealkylation sites (tertiary alicyclic amines) is 1. The Balaban J connectivity index is 2.18. The number of aromatic nitrogens is 1. The molecule has 1 aliphatic rings. The van der Waals surface area contributed by atoms with Gasteiger partial charge in [0, 0.05) is 19.2 Å². The molecule has 0 aromatic carbocycles. The molecule has 1 fully saturated rings. The number of aliphatic hydroxyl groups is 1. The average molecular weight is 238 g/mol. The number of H-pyrrole nitrogens is 1. The molecule has 6 nitrogen and oxygen atoms in total. The zero-order valence-corrected chi connectivity index (χ0v) is 9.42. The van der Waals surface area contributed by atoms with Gasteiger partial charge < -0.3 is 19.7 Å². The van der Waals surface area contributed by atoms with Crippen molar-refractivity contribution in [3.05, 3.63) is 24.0 Å². The molecule has 0 radical (unpaired) electrons. The quantitative estimate of drug-likeness (QED) is 0.697. The first kappa shape index (κ1) is 11.7. The van der Waals surface area contributed by atoms with Gasteiger partial charge in [0.05, 0.1) is 13.2 Å². The summed E-state index contributed by atoms with van der Waals surface area (Å²) in [4.78, 5) is 27.7. The lowest BCUT2D eigenvalue weighted by molar-refractivity contribution is -0.145. The van der Waals surface area contributed by atoms with Crippen LogP contribution in [0.2, 0.25) is 0 Å². The summed E-state index contributed by atoms with van der Waals surface area (Å²) in [6, 6.07) is 2.62. The molecule has 1 aliphatic heterocycles. The highest BCUT2D eigenvalue weighted by Gasteiger charge is 2.40. The molecule has 2 atom stereocenters. The molecule has 0 saturated carbocycles. The van der Waals surface area contributed by atoms with Crippen LogP contribution in [0.5, 0.6) is 0 Å². The van der Waals surface area contributed by atoms with Crippen molar-refractivity contribution in [2.45, 2.75) is 18.6 Å². The van der Waals surface area contributed by atoms with E-state index in [-0.39, 0.29) is 18.9 Å². The highest BCUT2D eigenvalue weighted by Crippen LogP contribution is 2.21. The van der Waals surface area contributed by atoms with Crippen LogP contribution in [-0.2, 0) is 9.53 Å². The van der Waals surface area contributed by atoms with E-state index in [1.54, 1.807) is 18.3 Å². The predicted octanol–water partition coefficient (Wildman–Crippen LogP) is -0.237. The minimum absolute atomic E-state index is 0.150. The second kappa shape index (κ2) is 4.58. The lowest BCUT2D eigenvalue weighted by atomic mass is 10.2. The third-order valence-corrected chi connectivity index (χ3v) is 2.84. The van der Waals surface area contributed by atoms with Gasteiger partial charge in [-0.3, -0.25) is 4.79 Å². The fourth-order valence-electron chi connectivity index (χ4n) is 2.02. The fraction of sp³-hybridized carbons (Fsp3) is 0.455. The van der Waals surface area contributed by atoms with Crippen LogP contribution in [0.25, 0.3) is 0 Å². The van der Waals surface area contributed by atoms with Crippen molar-refractivity contribution in [1.29, 1.82) is 0 Å². The van der Waals surface area contributed by atoms with Crippen molar-refractivity contribution in [2.24, 2.45) is 0 Å². The molecule has 1 amide bonds. The third-order valence-electron chi connectivity index (χ3n) is 2.84. The SMILES string of the molecule is COC(=O)[C@@H]1C[C@@H](O)CN1C(=O)c1ccc[nH]1. The van der Waals surface area contributed by atoms with Gasteiger partial charge in [0.1, 0.15) is 11.7 Å². The second-order valence-corrected chi connectivity index (χ2v) is 3.97. The number of carbonyl (C=O) groups is 2. The Bertz CT molecular complexity index is 415. The summed E-state index contributed by atoms with van der Waals surface area (Å²) < 4.78 is 4.63. The molecule has 92 valence electrons. The molecule has 0 bridgehead atoms. The first-order valence-electron chi connectivity index (χ1n) is 5.33. The monoisotopic (exact) mass is 238 g/mol. The topological polar surface area (TPSA) is 82.6 Å². The highest BCUT2D eigenvalue weighted by molar-refractivity contribution is 5.95. The van der Waals surface area contributed by atoms with Crippen LogP contribution < -0.4 is 0 Å². The van der Waals surface area contributed by atoms with E-state index in [2.05, 4.69) is 9.72 Å². The lowest BCUT2D eigenvalue weighted by Gasteiger charge is -2.21. The van der Waals surface area contributed by atoms with E-state index >= 15 is 0 Å². The normalized spacial score (nSPS) is 23.8. The van der Waals surface area contributed by atoms with E-state index in [0.717, 1.165) is 0 Å². The van der Waals surface area contributed by atoms with Crippen molar-refractivity contribution in [3.8, 4) is 0 Å². The van der Waals surface area contributed by atoms with Gasteiger partial charge in [0.2, 0.25) is 0 Å². The maximum absolute atomic E-state index is 12.1. The molecular formula is C11H14N2O4. The Hall–Kier alpha value is -1.82. The van der Waals surface area contributed by atoms with Gasteiger partial charge in [-0.15, -0.1) is 0 Å². The van der Waals surface area contributed by atoms with Crippen molar-refractivity contribution in [2.75, 3.05) is 13.7 Å². The second-order valence-electron chi connectivity index (χ2n) is 3.97. The van der Waals surface area contributed by atoms with Gasteiger partial charge in [0.25, 0.3) is 5.91 Å². The number of hydrogen-bond donors (Lipinski definition) is 2. The van der Waals surface area contributed by atoms with Crippen molar-refractivity contribution >= 4 is 11.9 Å². The Labute approximate surface area is 98.2 Å². The highest BCUT2D eigenvalue weighted by atomic mass is 16.5. The van der Waals surface area contributed by atoms with Crippen LogP contribution in [0.3, 0.4) is 0 Å². The largest absolute Gasteiger partial charge is 0.467 e. The predicted molar refractivity (Wildman–Crippen MR) is 58.3 cm³/mol. The summed E-state index contributed by atoms with van der Waals surface area (Å²) in [6.07, 6.45) is 1.17. The van der Waals surface area contributed by atoms with E-state index in [0.29, 0.717) is 5.69 Å². The molecule has 1 saturated heterocycles. The Morgan fingerprint density at radius 1 is 1.59 bits per heavy atom. The fourth-order valence-corrected chi connectivity index (χ4v) is 2.02. The molecule has 2 heterocycles. The standard InChI is InChI=1S/C11H14N2O4/c1-17-11(16)9-5-7(14)6-13(9)10(15)8-3-2-4-12-8/h2-4,7,9,12,14H,5-6H2,1H3/t7-,9+/m1/s1. The van der Waals surface area contributed by atoms with Crippen molar-refractivity contribution in [3.63, 3.8) is 0 Å². The van der Waals surface area contributed by atoms with Crippen LogP contribution >= 0.6 is 0 Å². The molecular weight excluding hydrogens is 224 g/mol. The van der Waals surface area contributed by atoms with Crippen molar-refractivity contribution in [1.82, 2.24) is 9.88 Å². The summed E-state index contributed by atoms with van der Waals surface area (Å²) in [5.74, 6) is -0.802. The smallest absolute Gasteiger partial charge is 0.328 e. The number of ether oxygens (including phenoxy) is 1. The van der Waals surface area contributed by atoms with E-state index in [4.69, 9.17) is 0 Å². The number of amides is 1. The summed E-state index contributed by atoms with van der Waals surface area (Å²) >= 11 is 0. The molecule has 2 N–H and O–H groups in total.